The fraction of sp³-hybridized carbons (Fsp3) is 0.0435. The topological polar surface area (TPSA) is 85.3 Å². The maximum Gasteiger partial charge on any atom is 0.135 e. The van der Waals surface area contributed by atoms with Gasteiger partial charge in [0.05, 0.1) is 33.5 Å². The third-order valence-corrected chi connectivity index (χ3v) is 7.18. The van der Waals surface area contributed by atoms with Gasteiger partial charge in [-0.05, 0) is 18.5 Å². The van der Waals surface area contributed by atoms with Gasteiger partial charge in [-0.25, -0.2) is 24.0 Å². The van der Waals surface area contributed by atoms with Gasteiger partial charge >= 0.3 is 0 Å². The summed E-state index contributed by atoms with van der Waals surface area (Å²) >= 11 is 0. The fourth-order valence-corrected chi connectivity index (χ4v) is 5.98. The molecule has 1 aliphatic rings. The van der Waals surface area contributed by atoms with E-state index in [0.717, 1.165) is 10.6 Å². The molecule has 1 saturated carbocycles. The van der Waals surface area contributed by atoms with Crippen molar-refractivity contribution in [3.8, 4) is 0 Å². The Labute approximate surface area is 187 Å². The van der Waals surface area contributed by atoms with Crippen molar-refractivity contribution in [1.29, 1.82) is 0 Å². The van der Waals surface area contributed by atoms with Crippen molar-refractivity contribution in [2.45, 2.75) is 5.66 Å². The molecule has 0 saturated heterocycles. The molecule has 2 aromatic rings. The summed E-state index contributed by atoms with van der Waals surface area (Å²) in [5, 5.41) is 1.57. The van der Waals surface area contributed by atoms with E-state index in [1.807, 2.05) is 36.4 Å². The maximum atomic E-state index is 11.9. The van der Waals surface area contributed by atoms with Gasteiger partial charge in [-0.3, -0.25) is 0 Å². The summed E-state index contributed by atoms with van der Waals surface area (Å²) in [5.41, 5.74) is -2.87. The Morgan fingerprint density at radius 2 is 0.900 bits per heavy atom. The van der Waals surface area contributed by atoms with Gasteiger partial charge in [-0.2, -0.15) is 0 Å². The standard InChI is InChI=1S/C23H11O5P.W/c24-11-18-19(12-25)21(14-27)23(22(15-28)20(18)13-26)29(16-7-3-1-4-8-16)17-9-5-2-6-10-17;/h1-10,23H;. The molecule has 30 heavy (non-hydrogen) atoms. The second-order valence-corrected chi connectivity index (χ2v) is 8.20. The molecule has 144 valence electrons. The van der Waals surface area contributed by atoms with Gasteiger partial charge in [-0.15, -0.1) is 0 Å². The molecular weight excluding hydrogens is 571 g/mol. The van der Waals surface area contributed by atoms with E-state index in [1.165, 1.54) is 17.8 Å². The van der Waals surface area contributed by atoms with Crippen LogP contribution in [0.4, 0.5) is 0 Å². The van der Waals surface area contributed by atoms with E-state index >= 15 is 0 Å². The van der Waals surface area contributed by atoms with Crippen LogP contribution in [0.3, 0.4) is 0 Å². The van der Waals surface area contributed by atoms with Crippen LogP contribution in [0.2, 0.25) is 0 Å². The average Bonchev–Trinajstić information content (AvgIpc) is 2.79. The van der Waals surface area contributed by atoms with E-state index in [-0.39, 0.29) is 32.2 Å². The van der Waals surface area contributed by atoms with Crippen LogP contribution in [-0.2, 0) is 45.0 Å². The van der Waals surface area contributed by atoms with E-state index in [0.29, 0.717) is 0 Å². The first-order valence-electron chi connectivity index (χ1n) is 8.37. The Kier molecular flexibility index (Phi) is 8.12. The molecule has 1 fully saturated rings. The summed E-state index contributed by atoms with van der Waals surface area (Å²) in [4.78, 5) is 58.3. The average molecular weight is 582 g/mol. The summed E-state index contributed by atoms with van der Waals surface area (Å²) in [5.74, 6) is 7.90. The van der Waals surface area contributed by atoms with E-state index in [9.17, 15) is 24.0 Å². The van der Waals surface area contributed by atoms with E-state index in [4.69, 9.17) is 0 Å². The summed E-state index contributed by atoms with van der Waals surface area (Å²) in [6.45, 7) is 0. The Morgan fingerprint density at radius 1 is 0.533 bits per heavy atom. The zero-order valence-electron chi connectivity index (χ0n) is 15.2. The minimum Gasteiger partial charge on any atom is -0.233 e. The molecule has 0 amide bonds. The molecular formula is C23H11O5PW. The molecule has 5 nitrogen and oxygen atoms in total. The zero-order chi connectivity index (χ0) is 20.8. The molecule has 0 radical (unpaired) electrons. The maximum absolute atomic E-state index is 11.9. The van der Waals surface area contributed by atoms with Crippen molar-refractivity contribution in [1.82, 2.24) is 0 Å². The number of benzene rings is 2. The molecule has 0 unspecified atom stereocenters. The second-order valence-electron chi connectivity index (χ2n) is 5.91. The van der Waals surface area contributed by atoms with Gasteiger partial charge in [0.1, 0.15) is 29.7 Å². The molecule has 2 aromatic carbocycles. The molecule has 0 aliphatic heterocycles. The fourth-order valence-electron chi connectivity index (χ4n) is 3.22. The predicted molar refractivity (Wildman–Crippen MR) is 109 cm³/mol. The second kappa shape index (κ2) is 10.5. The Morgan fingerprint density at radius 3 is 1.20 bits per heavy atom. The van der Waals surface area contributed by atoms with Crippen molar-refractivity contribution < 1.29 is 45.0 Å². The van der Waals surface area contributed by atoms with Crippen LogP contribution >= 0.6 is 7.92 Å². The van der Waals surface area contributed by atoms with E-state index in [1.54, 1.807) is 36.1 Å². The molecule has 0 aromatic heterocycles. The van der Waals surface area contributed by atoms with Crippen LogP contribution in [-0.4, -0.2) is 35.4 Å². The van der Waals surface area contributed by atoms with Crippen LogP contribution in [0, 0.1) is 0 Å². The monoisotopic (exact) mass is 582 g/mol. The Bertz CT molecular complexity index is 1130. The zero-order valence-corrected chi connectivity index (χ0v) is 19.1. The van der Waals surface area contributed by atoms with Crippen LogP contribution in [0.25, 0.3) is 0 Å². The van der Waals surface area contributed by atoms with E-state index < -0.39 is 30.3 Å². The van der Waals surface area contributed by atoms with Crippen molar-refractivity contribution in [2.24, 2.45) is 0 Å². The van der Waals surface area contributed by atoms with Crippen molar-refractivity contribution in [3.63, 3.8) is 0 Å². The molecule has 0 heterocycles. The molecule has 0 atom stereocenters. The van der Waals surface area contributed by atoms with Gasteiger partial charge in [0.25, 0.3) is 0 Å². The number of allylic oxidation sites excluding steroid dienone is 5. The quantitative estimate of drug-likeness (QED) is 0.403. The summed E-state index contributed by atoms with van der Waals surface area (Å²) in [7, 11) is -1.49. The predicted octanol–water partition coefficient (Wildman–Crippen LogP) is 1.29. The summed E-state index contributed by atoms with van der Waals surface area (Å²) in [6, 6.07) is 18.1. The van der Waals surface area contributed by atoms with Gasteiger partial charge < -0.3 is 0 Å². The van der Waals surface area contributed by atoms with Crippen molar-refractivity contribution in [3.05, 3.63) is 88.5 Å². The van der Waals surface area contributed by atoms with Gasteiger partial charge in [0.2, 0.25) is 0 Å². The molecule has 1 aliphatic carbocycles. The smallest absolute Gasteiger partial charge is 0.135 e. The molecule has 3 rings (SSSR count). The SMILES string of the molecule is O=C=C1C(=C=O)C(=C=O)C(P(c2ccccc2)c2ccccc2)C(=C=O)C1=C=O.[W]. The van der Waals surface area contributed by atoms with Crippen LogP contribution in [0.15, 0.2) is 88.5 Å². The van der Waals surface area contributed by atoms with E-state index in [2.05, 4.69) is 0 Å². The number of hydrogen-bond donors (Lipinski definition) is 0. The third-order valence-electron chi connectivity index (χ3n) is 4.44. The molecule has 0 N–H and O–H groups in total. The molecule has 7 heteroatoms. The number of carbonyl (C=O) groups excluding carboxylic acids is 5. The summed E-state index contributed by atoms with van der Waals surface area (Å²) in [6.07, 6.45) is 0. The Hall–Kier alpha value is -3.19. The van der Waals surface area contributed by atoms with Gasteiger partial charge in [0, 0.05) is 21.1 Å². The first-order chi connectivity index (χ1) is 14.2. The normalized spacial score (nSPS) is 15.4. The molecule has 0 spiro atoms. The molecule has 0 bridgehead atoms. The van der Waals surface area contributed by atoms with Crippen molar-refractivity contribution in [2.75, 3.05) is 0 Å². The Balaban J connectivity index is 0.00000320. The summed E-state index contributed by atoms with van der Waals surface area (Å²) < 4.78 is 0. The van der Waals surface area contributed by atoms with Gasteiger partial charge in [0.15, 0.2) is 0 Å². The largest absolute Gasteiger partial charge is 0.233 e. The van der Waals surface area contributed by atoms with Crippen LogP contribution < -0.4 is 10.6 Å². The van der Waals surface area contributed by atoms with Crippen LogP contribution in [0.1, 0.15) is 0 Å². The van der Waals surface area contributed by atoms with Crippen LogP contribution in [0.5, 0.6) is 0 Å². The minimum atomic E-state index is -1.49. The minimum absolute atomic E-state index is 0. The first kappa shape index (κ1) is 23.1. The van der Waals surface area contributed by atoms with Gasteiger partial charge in [-0.1, -0.05) is 60.7 Å². The first-order valence-corrected chi connectivity index (χ1v) is 9.79. The number of hydrogen-bond acceptors (Lipinski definition) is 5. The number of rotatable bonds is 3. The van der Waals surface area contributed by atoms with Crippen molar-refractivity contribution >= 4 is 48.2 Å². The third kappa shape index (κ3) is 4.07.